The second-order valence-electron chi connectivity index (χ2n) is 4.95. The molecule has 6 heteroatoms. The minimum atomic E-state index is -0.258. The van der Waals surface area contributed by atoms with Gasteiger partial charge < -0.3 is 5.32 Å². The van der Waals surface area contributed by atoms with Crippen LogP contribution in [0.4, 0.5) is 5.69 Å². The first-order valence-electron chi connectivity index (χ1n) is 7.26. The van der Waals surface area contributed by atoms with Gasteiger partial charge in [-0.15, -0.1) is 5.10 Å². The number of hydrogen-bond donors (Lipinski definition) is 1. The van der Waals surface area contributed by atoms with E-state index in [1.54, 1.807) is 4.68 Å². The van der Waals surface area contributed by atoms with Crippen molar-refractivity contribution >= 4 is 27.5 Å². The minimum Gasteiger partial charge on any atom is -0.321 e. The standard InChI is InChI=1S/C17H15BrN4O/c1-2-15-16(17(23)19-13-10-8-12(18)9-11-13)20-21-22(15)14-6-4-3-5-7-14/h3-11H,2H2,1H3,(H,19,23). The third kappa shape index (κ3) is 3.32. The van der Waals surface area contributed by atoms with E-state index in [-0.39, 0.29) is 5.91 Å². The SMILES string of the molecule is CCc1c(C(=O)Nc2ccc(Br)cc2)nnn1-c1ccccc1. The van der Waals surface area contributed by atoms with Crippen LogP contribution < -0.4 is 5.32 Å². The Kier molecular flexibility index (Phi) is 4.52. The van der Waals surface area contributed by atoms with Crippen LogP contribution in [-0.2, 0) is 6.42 Å². The third-order valence-electron chi connectivity index (χ3n) is 3.42. The summed E-state index contributed by atoms with van der Waals surface area (Å²) in [5.41, 5.74) is 2.74. The van der Waals surface area contributed by atoms with Gasteiger partial charge in [-0.2, -0.15) is 0 Å². The van der Waals surface area contributed by atoms with E-state index in [4.69, 9.17) is 0 Å². The molecule has 1 aromatic heterocycles. The van der Waals surface area contributed by atoms with Gasteiger partial charge in [0.15, 0.2) is 5.69 Å². The van der Waals surface area contributed by atoms with Gasteiger partial charge in [-0.05, 0) is 42.8 Å². The van der Waals surface area contributed by atoms with Crippen molar-refractivity contribution in [1.82, 2.24) is 15.0 Å². The Labute approximate surface area is 142 Å². The van der Waals surface area contributed by atoms with Crippen LogP contribution in [0.5, 0.6) is 0 Å². The number of benzene rings is 2. The van der Waals surface area contributed by atoms with E-state index < -0.39 is 0 Å². The van der Waals surface area contributed by atoms with E-state index in [1.807, 2.05) is 61.5 Å². The van der Waals surface area contributed by atoms with Crippen LogP contribution in [-0.4, -0.2) is 20.9 Å². The van der Waals surface area contributed by atoms with E-state index >= 15 is 0 Å². The molecule has 2 aromatic carbocycles. The van der Waals surface area contributed by atoms with E-state index in [1.165, 1.54) is 0 Å². The van der Waals surface area contributed by atoms with Crippen LogP contribution in [0.25, 0.3) is 5.69 Å². The first-order chi connectivity index (χ1) is 11.2. The van der Waals surface area contributed by atoms with Gasteiger partial charge in [-0.1, -0.05) is 46.3 Å². The summed E-state index contributed by atoms with van der Waals surface area (Å²) < 4.78 is 2.66. The molecular formula is C17H15BrN4O. The van der Waals surface area contributed by atoms with Crippen molar-refractivity contribution in [2.24, 2.45) is 0 Å². The molecule has 1 N–H and O–H groups in total. The van der Waals surface area contributed by atoms with Gasteiger partial charge in [0, 0.05) is 10.2 Å². The number of carbonyl (C=O) groups excluding carboxylic acids is 1. The molecule has 0 saturated heterocycles. The molecule has 0 aliphatic rings. The van der Waals surface area contributed by atoms with E-state index in [0.29, 0.717) is 12.1 Å². The molecule has 1 heterocycles. The first kappa shape index (κ1) is 15.4. The molecule has 116 valence electrons. The Morgan fingerprint density at radius 2 is 1.83 bits per heavy atom. The predicted octanol–water partition coefficient (Wildman–Crippen LogP) is 3.84. The van der Waals surface area contributed by atoms with Crippen molar-refractivity contribution in [3.05, 3.63) is 70.5 Å². The lowest BCUT2D eigenvalue weighted by Gasteiger charge is -2.07. The largest absolute Gasteiger partial charge is 0.321 e. The van der Waals surface area contributed by atoms with Crippen molar-refractivity contribution in [3.8, 4) is 5.69 Å². The highest BCUT2D eigenvalue weighted by atomic mass is 79.9. The average molecular weight is 371 g/mol. The number of anilines is 1. The monoisotopic (exact) mass is 370 g/mol. The van der Waals surface area contributed by atoms with Gasteiger partial charge in [0.25, 0.3) is 5.91 Å². The van der Waals surface area contributed by atoms with Gasteiger partial charge in [-0.3, -0.25) is 4.79 Å². The molecule has 1 amide bonds. The van der Waals surface area contributed by atoms with Crippen LogP contribution in [0.15, 0.2) is 59.1 Å². The lowest BCUT2D eigenvalue weighted by Crippen LogP contribution is -2.15. The summed E-state index contributed by atoms with van der Waals surface area (Å²) in [5, 5.41) is 11.1. The molecule has 0 fully saturated rings. The zero-order valence-electron chi connectivity index (χ0n) is 12.5. The van der Waals surface area contributed by atoms with Crippen LogP contribution >= 0.6 is 15.9 Å². The number of aromatic nitrogens is 3. The van der Waals surface area contributed by atoms with E-state index in [2.05, 4.69) is 31.6 Å². The van der Waals surface area contributed by atoms with Crippen molar-refractivity contribution in [3.63, 3.8) is 0 Å². The Hall–Kier alpha value is -2.47. The fourth-order valence-electron chi connectivity index (χ4n) is 2.30. The Bertz CT molecular complexity index is 812. The first-order valence-corrected chi connectivity index (χ1v) is 8.05. The molecule has 5 nitrogen and oxygen atoms in total. The number of nitrogens with one attached hydrogen (secondary N) is 1. The third-order valence-corrected chi connectivity index (χ3v) is 3.94. The maximum atomic E-state index is 12.5. The molecule has 0 spiro atoms. The second kappa shape index (κ2) is 6.75. The molecule has 3 rings (SSSR count). The van der Waals surface area contributed by atoms with Crippen molar-refractivity contribution in [2.75, 3.05) is 5.32 Å². The lowest BCUT2D eigenvalue weighted by atomic mass is 10.2. The van der Waals surface area contributed by atoms with Gasteiger partial charge >= 0.3 is 0 Å². The zero-order valence-corrected chi connectivity index (χ0v) is 14.1. The van der Waals surface area contributed by atoms with Gasteiger partial charge in [0.05, 0.1) is 11.4 Å². The quantitative estimate of drug-likeness (QED) is 0.758. The summed E-state index contributed by atoms with van der Waals surface area (Å²) >= 11 is 3.37. The van der Waals surface area contributed by atoms with E-state index in [0.717, 1.165) is 21.5 Å². The maximum Gasteiger partial charge on any atom is 0.278 e. The van der Waals surface area contributed by atoms with Crippen LogP contribution in [0.2, 0.25) is 0 Å². The number of rotatable bonds is 4. The molecule has 0 radical (unpaired) electrons. The molecule has 0 atom stereocenters. The number of para-hydroxylation sites is 1. The fraction of sp³-hybridized carbons (Fsp3) is 0.118. The molecule has 0 aliphatic carbocycles. The molecule has 0 aliphatic heterocycles. The molecule has 3 aromatic rings. The highest BCUT2D eigenvalue weighted by molar-refractivity contribution is 9.10. The fourth-order valence-corrected chi connectivity index (χ4v) is 2.56. The minimum absolute atomic E-state index is 0.258. The summed E-state index contributed by atoms with van der Waals surface area (Å²) in [6, 6.07) is 17.1. The Balaban J connectivity index is 1.89. The predicted molar refractivity (Wildman–Crippen MR) is 92.8 cm³/mol. The summed E-state index contributed by atoms with van der Waals surface area (Å²) in [4.78, 5) is 12.5. The van der Waals surface area contributed by atoms with Crippen LogP contribution in [0.1, 0.15) is 23.1 Å². The molecule has 0 unspecified atom stereocenters. The summed E-state index contributed by atoms with van der Waals surface area (Å²) in [5.74, 6) is -0.258. The molecular weight excluding hydrogens is 356 g/mol. The highest BCUT2D eigenvalue weighted by Gasteiger charge is 2.19. The summed E-state index contributed by atoms with van der Waals surface area (Å²) in [6.45, 7) is 1.98. The van der Waals surface area contributed by atoms with E-state index in [9.17, 15) is 4.79 Å². The smallest absolute Gasteiger partial charge is 0.278 e. The number of halogens is 1. The van der Waals surface area contributed by atoms with Crippen molar-refractivity contribution < 1.29 is 4.79 Å². The summed E-state index contributed by atoms with van der Waals surface area (Å²) in [7, 11) is 0. The topological polar surface area (TPSA) is 59.8 Å². The molecule has 23 heavy (non-hydrogen) atoms. The number of carbonyl (C=O) groups is 1. The van der Waals surface area contributed by atoms with Crippen LogP contribution in [0, 0.1) is 0 Å². The van der Waals surface area contributed by atoms with Crippen molar-refractivity contribution in [1.29, 1.82) is 0 Å². The Morgan fingerprint density at radius 1 is 1.13 bits per heavy atom. The number of hydrogen-bond acceptors (Lipinski definition) is 3. The molecule has 0 saturated carbocycles. The highest BCUT2D eigenvalue weighted by Crippen LogP contribution is 2.17. The molecule has 0 bridgehead atoms. The van der Waals surface area contributed by atoms with Gasteiger partial charge in [0.1, 0.15) is 0 Å². The average Bonchev–Trinajstić information content (AvgIpc) is 3.02. The number of amides is 1. The summed E-state index contributed by atoms with van der Waals surface area (Å²) in [6.07, 6.45) is 0.658. The normalized spacial score (nSPS) is 10.5. The zero-order chi connectivity index (χ0) is 16.2. The van der Waals surface area contributed by atoms with Crippen molar-refractivity contribution in [2.45, 2.75) is 13.3 Å². The maximum absolute atomic E-state index is 12.5. The Morgan fingerprint density at radius 3 is 2.48 bits per heavy atom. The second-order valence-corrected chi connectivity index (χ2v) is 5.86. The van der Waals surface area contributed by atoms with Gasteiger partial charge in [0.2, 0.25) is 0 Å². The lowest BCUT2D eigenvalue weighted by molar-refractivity contribution is 0.102. The number of nitrogens with zero attached hydrogens (tertiary/aromatic N) is 3. The van der Waals surface area contributed by atoms with Crippen LogP contribution in [0.3, 0.4) is 0 Å². The van der Waals surface area contributed by atoms with Gasteiger partial charge in [-0.25, -0.2) is 4.68 Å².